The van der Waals surface area contributed by atoms with Crippen LogP contribution in [0.5, 0.6) is 5.75 Å². The van der Waals surface area contributed by atoms with Crippen LogP contribution in [-0.4, -0.2) is 34.0 Å². The van der Waals surface area contributed by atoms with Crippen molar-refractivity contribution in [3.05, 3.63) is 34.7 Å². The Morgan fingerprint density at radius 2 is 2.05 bits per heavy atom. The molecular formula is C15H18NO4+. The second kappa shape index (κ2) is 4.38. The van der Waals surface area contributed by atoms with Crippen molar-refractivity contribution < 1.29 is 19.4 Å². The first-order valence-electron chi connectivity index (χ1n) is 6.86. The van der Waals surface area contributed by atoms with E-state index in [4.69, 9.17) is 4.74 Å². The van der Waals surface area contributed by atoms with Gasteiger partial charge >= 0.3 is 5.91 Å². The molecule has 1 N–H and O–H groups in total. The summed E-state index contributed by atoms with van der Waals surface area (Å²) in [4.78, 5) is 23.5. The maximum atomic E-state index is 12.0. The first-order chi connectivity index (χ1) is 9.42. The lowest BCUT2D eigenvalue weighted by molar-refractivity contribution is -0.454. The number of aliphatic hydroxyl groups excluding tert-OH is 1. The van der Waals surface area contributed by atoms with Crippen molar-refractivity contribution in [1.82, 2.24) is 0 Å². The van der Waals surface area contributed by atoms with Gasteiger partial charge in [0.15, 0.2) is 0 Å². The number of hydrogen-bond acceptors (Lipinski definition) is 4. The summed E-state index contributed by atoms with van der Waals surface area (Å²) < 4.78 is 6.33. The fraction of sp³-hybridized carbons (Fsp3) is 0.533. The number of nitrogens with zero attached hydrogens (tertiary/aromatic N) is 1. The number of carbonyl (C=O) groups is 1. The molecule has 1 aromatic rings. The molecule has 5 heteroatoms. The van der Waals surface area contributed by atoms with Crippen molar-refractivity contribution in [2.45, 2.75) is 37.9 Å². The monoisotopic (exact) mass is 276 g/mol. The highest BCUT2D eigenvalue weighted by Gasteiger charge is 2.54. The fourth-order valence-electron chi connectivity index (χ4n) is 3.24. The molecule has 2 aliphatic rings. The first-order valence-corrected chi connectivity index (χ1v) is 6.86. The number of benzene rings is 1. The largest absolute Gasteiger partial charge is 0.485 e. The predicted octanol–water partition coefficient (Wildman–Crippen LogP) is 1.63. The van der Waals surface area contributed by atoms with Crippen molar-refractivity contribution in [2.24, 2.45) is 5.92 Å². The third-order valence-electron chi connectivity index (χ3n) is 4.34. The zero-order valence-electron chi connectivity index (χ0n) is 11.6. The molecule has 1 amide bonds. The number of para-hydroxylation sites is 1. The topological polar surface area (TPSA) is 66.6 Å². The summed E-state index contributed by atoms with van der Waals surface area (Å²) in [6.07, 6.45) is -0.341. The van der Waals surface area contributed by atoms with Crippen molar-refractivity contribution in [1.29, 1.82) is 0 Å². The molecule has 106 valence electrons. The smallest absolute Gasteiger partial charge is 0.437 e. The van der Waals surface area contributed by atoms with E-state index in [2.05, 4.69) is 0 Å². The van der Waals surface area contributed by atoms with Gasteiger partial charge in [-0.2, -0.15) is 0 Å². The van der Waals surface area contributed by atoms with Crippen LogP contribution in [0.25, 0.3) is 0 Å². The molecule has 2 aliphatic heterocycles. The van der Waals surface area contributed by atoms with E-state index in [1.54, 1.807) is 13.8 Å². The fourth-order valence-corrected chi connectivity index (χ4v) is 3.24. The highest BCUT2D eigenvalue weighted by atomic mass is 16.5. The highest BCUT2D eigenvalue weighted by Crippen LogP contribution is 2.46. The van der Waals surface area contributed by atoms with Gasteiger partial charge in [0, 0.05) is 22.8 Å². The molecule has 0 aliphatic carbocycles. The van der Waals surface area contributed by atoms with E-state index in [-0.39, 0.29) is 12.5 Å². The van der Waals surface area contributed by atoms with E-state index in [0.717, 1.165) is 5.56 Å². The van der Waals surface area contributed by atoms with Gasteiger partial charge in [-0.15, -0.1) is 0 Å². The number of rotatable bonds is 1. The molecule has 20 heavy (non-hydrogen) atoms. The van der Waals surface area contributed by atoms with Gasteiger partial charge in [0.1, 0.15) is 23.4 Å². The standard InChI is InChI=1S/C15H18NO4/c1-15(2)13(17)12(10-7-8-16(19)14(10)18)9-5-3-4-6-11(9)20-15/h3-6,10,12-13,17H,7-8H2,1-2H3/q+1/t10?,12-,13-/m1/s1. The summed E-state index contributed by atoms with van der Waals surface area (Å²) in [7, 11) is 0. The van der Waals surface area contributed by atoms with E-state index in [1.807, 2.05) is 24.3 Å². The second-order valence-corrected chi connectivity index (χ2v) is 6.05. The molecule has 0 saturated carbocycles. The molecule has 1 unspecified atom stereocenters. The van der Waals surface area contributed by atoms with Gasteiger partial charge in [-0.05, 0) is 19.9 Å². The molecule has 3 rings (SSSR count). The summed E-state index contributed by atoms with van der Waals surface area (Å²) >= 11 is 0. The van der Waals surface area contributed by atoms with E-state index in [1.165, 1.54) is 0 Å². The highest BCUT2D eigenvalue weighted by molar-refractivity contribution is 5.73. The Kier molecular flexibility index (Phi) is 2.90. The Morgan fingerprint density at radius 3 is 2.70 bits per heavy atom. The Balaban J connectivity index is 2.08. The Labute approximate surface area is 117 Å². The summed E-state index contributed by atoms with van der Waals surface area (Å²) in [6.45, 7) is 3.81. The van der Waals surface area contributed by atoms with Crippen molar-refractivity contribution >= 4 is 5.91 Å². The number of aliphatic hydroxyl groups is 1. The average molecular weight is 276 g/mol. The molecule has 0 radical (unpaired) electrons. The average Bonchev–Trinajstić information content (AvgIpc) is 2.72. The Hall–Kier alpha value is -1.75. The SMILES string of the molecule is CC1(C)Oc2ccccc2[C@H](C2CC[N+](=O)C2=O)[C@H]1O. The Morgan fingerprint density at radius 1 is 1.35 bits per heavy atom. The number of carbonyl (C=O) groups excluding carboxylic acids is 1. The van der Waals surface area contributed by atoms with Crippen LogP contribution in [0.1, 0.15) is 31.7 Å². The van der Waals surface area contributed by atoms with Crippen LogP contribution in [0.3, 0.4) is 0 Å². The minimum absolute atomic E-state index is 0.205. The third kappa shape index (κ3) is 1.85. The van der Waals surface area contributed by atoms with Crippen LogP contribution in [0.2, 0.25) is 0 Å². The van der Waals surface area contributed by atoms with Crippen molar-refractivity contribution in [3.8, 4) is 5.75 Å². The van der Waals surface area contributed by atoms with E-state index in [9.17, 15) is 14.8 Å². The van der Waals surface area contributed by atoms with Crippen LogP contribution < -0.4 is 4.74 Å². The lowest BCUT2D eigenvalue weighted by Gasteiger charge is -2.43. The maximum absolute atomic E-state index is 12.0. The van der Waals surface area contributed by atoms with Crippen LogP contribution in [0.15, 0.2) is 24.3 Å². The molecule has 0 aromatic heterocycles. The minimum atomic E-state index is -0.821. The van der Waals surface area contributed by atoms with Crippen molar-refractivity contribution in [2.75, 3.05) is 6.54 Å². The van der Waals surface area contributed by atoms with Gasteiger partial charge < -0.3 is 9.84 Å². The number of nitroso groups, excluding NO2 is 1. The molecule has 2 heterocycles. The number of hydrogen-bond donors (Lipinski definition) is 1. The number of ether oxygens (including phenoxy) is 1. The molecule has 1 saturated heterocycles. The maximum Gasteiger partial charge on any atom is 0.437 e. The quantitative estimate of drug-likeness (QED) is 0.792. The second-order valence-electron chi connectivity index (χ2n) is 6.05. The molecule has 1 fully saturated rings. The van der Waals surface area contributed by atoms with E-state index in [0.29, 0.717) is 16.9 Å². The molecule has 1 aromatic carbocycles. The number of fused-ring (bicyclic) bond motifs is 1. The van der Waals surface area contributed by atoms with E-state index < -0.39 is 23.5 Å². The molecule has 0 spiro atoms. The molecular weight excluding hydrogens is 258 g/mol. The van der Waals surface area contributed by atoms with Crippen LogP contribution >= 0.6 is 0 Å². The molecule has 0 bridgehead atoms. The van der Waals surface area contributed by atoms with Gasteiger partial charge in [0.2, 0.25) is 6.54 Å². The lowest BCUT2D eigenvalue weighted by atomic mass is 9.74. The summed E-state index contributed by atoms with van der Waals surface area (Å²) in [6, 6.07) is 7.41. The van der Waals surface area contributed by atoms with Gasteiger partial charge in [0.25, 0.3) is 0 Å². The number of amides is 1. The van der Waals surface area contributed by atoms with Gasteiger partial charge in [-0.3, -0.25) is 0 Å². The van der Waals surface area contributed by atoms with Crippen molar-refractivity contribution in [3.63, 3.8) is 0 Å². The van der Waals surface area contributed by atoms with Gasteiger partial charge in [-0.25, -0.2) is 4.79 Å². The van der Waals surface area contributed by atoms with Crippen LogP contribution in [-0.2, 0) is 4.79 Å². The van der Waals surface area contributed by atoms with Crippen LogP contribution in [0, 0.1) is 10.8 Å². The van der Waals surface area contributed by atoms with Gasteiger partial charge in [-0.1, -0.05) is 18.2 Å². The Bertz CT molecular complexity index is 581. The summed E-state index contributed by atoms with van der Waals surface area (Å²) in [5.74, 6) is -0.597. The first kappa shape index (κ1) is 13.2. The van der Waals surface area contributed by atoms with Crippen LogP contribution in [0.4, 0.5) is 0 Å². The van der Waals surface area contributed by atoms with Gasteiger partial charge in [0.05, 0.1) is 4.76 Å². The summed E-state index contributed by atoms with van der Waals surface area (Å²) in [5.41, 5.74) is 0.0308. The zero-order valence-corrected chi connectivity index (χ0v) is 11.6. The molecule has 5 nitrogen and oxygen atoms in total. The third-order valence-corrected chi connectivity index (χ3v) is 4.34. The summed E-state index contributed by atoms with van der Waals surface area (Å²) in [5, 5.41) is 10.6. The lowest BCUT2D eigenvalue weighted by Crippen LogP contribution is -2.51. The normalized spacial score (nSPS) is 31.9. The minimum Gasteiger partial charge on any atom is -0.485 e. The predicted molar refractivity (Wildman–Crippen MR) is 71.5 cm³/mol. The zero-order chi connectivity index (χ0) is 14.5. The molecule has 3 atom stereocenters. The van der Waals surface area contributed by atoms with E-state index >= 15 is 0 Å².